The monoisotopic (exact) mass is 231 g/mol. The van der Waals surface area contributed by atoms with E-state index in [9.17, 15) is 0 Å². The fourth-order valence-electron chi connectivity index (χ4n) is 1.84. The molecule has 0 bridgehead atoms. The van der Waals surface area contributed by atoms with Crippen LogP contribution in [0.5, 0.6) is 0 Å². The van der Waals surface area contributed by atoms with E-state index in [-0.39, 0.29) is 12.1 Å². The number of rotatable bonds is 7. The van der Waals surface area contributed by atoms with Gasteiger partial charge in [0.25, 0.3) is 0 Å². The van der Waals surface area contributed by atoms with Gasteiger partial charge in [0.1, 0.15) is 6.61 Å². The molecule has 0 saturated heterocycles. The second-order valence-electron chi connectivity index (χ2n) is 4.15. The topological polar surface area (TPSA) is 35.2 Å². The van der Waals surface area contributed by atoms with E-state index in [1.54, 1.807) is 0 Å². The molecular weight excluding hydrogens is 210 g/mol. The normalized spacial score (nSPS) is 13.9. The first kappa shape index (κ1) is 13.8. The lowest BCUT2D eigenvalue weighted by Crippen LogP contribution is -2.30. The first-order valence-corrected chi connectivity index (χ1v) is 6.15. The summed E-state index contributed by atoms with van der Waals surface area (Å²) in [6.07, 6.45) is 8.36. The second-order valence-corrected chi connectivity index (χ2v) is 4.15. The molecular formula is C15H21NO. The molecule has 2 N–H and O–H groups in total. The first-order valence-electron chi connectivity index (χ1n) is 6.15. The maximum atomic E-state index is 6.18. The average molecular weight is 231 g/mol. The Kier molecular flexibility index (Phi) is 6.39. The Morgan fingerprint density at radius 2 is 2.06 bits per heavy atom. The molecule has 2 unspecified atom stereocenters. The highest BCUT2D eigenvalue weighted by Crippen LogP contribution is 2.22. The van der Waals surface area contributed by atoms with E-state index in [1.807, 2.05) is 30.3 Å². The average Bonchev–Trinajstić information content (AvgIpc) is 2.38. The number of terminal acetylenes is 1. The summed E-state index contributed by atoms with van der Waals surface area (Å²) in [5.74, 6) is 2.50. The van der Waals surface area contributed by atoms with Gasteiger partial charge in [0.2, 0.25) is 0 Å². The lowest BCUT2D eigenvalue weighted by molar-refractivity contribution is 0.0544. The largest absolute Gasteiger partial charge is 0.359 e. The highest BCUT2D eigenvalue weighted by Gasteiger charge is 2.19. The van der Waals surface area contributed by atoms with Crippen molar-refractivity contribution in [2.75, 3.05) is 6.61 Å². The molecule has 0 heterocycles. The highest BCUT2D eigenvalue weighted by atomic mass is 16.5. The Morgan fingerprint density at radius 3 is 2.65 bits per heavy atom. The molecule has 92 valence electrons. The Labute approximate surface area is 104 Å². The minimum absolute atomic E-state index is 0.00528. The van der Waals surface area contributed by atoms with Crippen molar-refractivity contribution in [3.63, 3.8) is 0 Å². The minimum Gasteiger partial charge on any atom is -0.359 e. The fourth-order valence-corrected chi connectivity index (χ4v) is 1.84. The van der Waals surface area contributed by atoms with Crippen LogP contribution in [0, 0.1) is 12.3 Å². The van der Waals surface area contributed by atoms with E-state index in [0.717, 1.165) is 24.8 Å². The van der Waals surface area contributed by atoms with Gasteiger partial charge in [-0.2, -0.15) is 0 Å². The Morgan fingerprint density at radius 1 is 1.35 bits per heavy atom. The molecule has 0 radical (unpaired) electrons. The van der Waals surface area contributed by atoms with Crippen LogP contribution in [0.15, 0.2) is 30.3 Å². The molecule has 2 nitrogen and oxygen atoms in total. The van der Waals surface area contributed by atoms with Crippen LogP contribution in [0.25, 0.3) is 0 Å². The molecule has 0 aliphatic carbocycles. The Hall–Kier alpha value is -1.30. The van der Waals surface area contributed by atoms with Crippen molar-refractivity contribution in [3.05, 3.63) is 35.9 Å². The fraction of sp³-hybridized carbons (Fsp3) is 0.467. The quantitative estimate of drug-likeness (QED) is 0.732. The van der Waals surface area contributed by atoms with Gasteiger partial charge in [-0.15, -0.1) is 6.42 Å². The van der Waals surface area contributed by atoms with Crippen molar-refractivity contribution in [1.82, 2.24) is 0 Å². The van der Waals surface area contributed by atoms with E-state index >= 15 is 0 Å². The van der Waals surface area contributed by atoms with E-state index in [1.165, 1.54) is 0 Å². The zero-order valence-corrected chi connectivity index (χ0v) is 10.4. The summed E-state index contributed by atoms with van der Waals surface area (Å²) in [5, 5.41) is 0. The number of nitrogens with two attached hydrogens (primary N) is 1. The van der Waals surface area contributed by atoms with Crippen molar-refractivity contribution in [2.45, 2.75) is 38.3 Å². The molecule has 1 aromatic rings. The van der Waals surface area contributed by atoms with Crippen molar-refractivity contribution in [1.29, 1.82) is 0 Å². The lowest BCUT2D eigenvalue weighted by atomic mass is 9.98. The summed E-state index contributed by atoms with van der Waals surface area (Å²) in [6.45, 7) is 2.46. The Bertz CT molecular complexity index is 342. The van der Waals surface area contributed by atoms with Gasteiger partial charge in [-0.3, -0.25) is 0 Å². The molecule has 0 aliphatic heterocycles. The van der Waals surface area contributed by atoms with Crippen molar-refractivity contribution in [3.8, 4) is 12.3 Å². The second kappa shape index (κ2) is 7.89. The number of hydrogen-bond acceptors (Lipinski definition) is 2. The molecule has 0 saturated carbocycles. The standard InChI is InChI=1S/C15H21NO/c1-3-5-11-14(16)15(17-12-4-2)13-9-7-6-8-10-13/h2,6-10,14-15H,3,5,11-12,16H2,1H3. The molecule has 0 amide bonds. The van der Waals surface area contributed by atoms with Gasteiger partial charge in [0.05, 0.1) is 6.10 Å². The third-order valence-corrected chi connectivity index (χ3v) is 2.75. The van der Waals surface area contributed by atoms with E-state index in [0.29, 0.717) is 6.61 Å². The van der Waals surface area contributed by atoms with Gasteiger partial charge >= 0.3 is 0 Å². The number of benzene rings is 1. The lowest BCUT2D eigenvalue weighted by Gasteiger charge is -2.23. The molecule has 1 rings (SSSR count). The predicted octanol–water partition coefficient (Wildman–Crippen LogP) is 2.90. The molecule has 0 spiro atoms. The van der Waals surface area contributed by atoms with E-state index < -0.39 is 0 Å². The van der Waals surface area contributed by atoms with Crippen molar-refractivity contribution < 1.29 is 4.74 Å². The SMILES string of the molecule is C#CCOC(c1ccccc1)C(N)CCCC. The summed E-state index contributed by atoms with van der Waals surface area (Å²) in [4.78, 5) is 0. The number of hydrogen-bond donors (Lipinski definition) is 1. The maximum absolute atomic E-state index is 6.18. The van der Waals surface area contributed by atoms with Gasteiger partial charge in [-0.25, -0.2) is 0 Å². The van der Waals surface area contributed by atoms with Gasteiger partial charge < -0.3 is 10.5 Å². The molecule has 2 heteroatoms. The summed E-state index contributed by atoms with van der Waals surface area (Å²) in [6, 6.07) is 10.0. The molecule has 0 aliphatic rings. The zero-order valence-electron chi connectivity index (χ0n) is 10.4. The van der Waals surface area contributed by atoms with Gasteiger partial charge in [0, 0.05) is 6.04 Å². The summed E-state index contributed by atoms with van der Waals surface area (Å²) in [7, 11) is 0. The van der Waals surface area contributed by atoms with Crippen LogP contribution in [0.1, 0.15) is 37.9 Å². The first-order chi connectivity index (χ1) is 8.29. The smallest absolute Gasteiger partial charge is 0.108 e. The maximum Gasteiger partial charge on any atom is 0.108 e. The van der Waals surface area contributed by atoms with Crippen LogP contribution >= 0.6 is 0 Å². The summed E-state index contributed by atoms with van der Waals surface area (Å²) < 4.78 is 5.68. The minimum atomic E-state index is -0.0983. The van der Waals surface area contributed by atoms with Crippen LogP contribution in [0.4, 0.5) is 0 Å². The van der Waals surface area contributed by atoms with E-state index in [2.05, 4.69) is 12.8 Å². The number of ether oxygens (including phenoxy) is 1. The van der Waals surface area contributed by atoms with E-state index in [4.69, 9.17) is 16.9 Å². The molecule has 0 fully saturated rings. The third kappa shape index (κ3) is 4.60. The summed E-state index contributed by atoms with van der Waals surface area (Å²) >= 11 is 0. The number of unbranched alkanes of at least 4 members (excludes halogenated alkanes) is 1. The van der Waals surface area contributed by atoms with Crippen LogP contribution in [0.3, 0.4) is 0 Å². The van der Waals surface area contributed by atoms with Gasteiger partial charge in [-0.1, -0.05) is 56.0 Å². The van der Waals surface area contributed by atoms with Crippen LogP contribution in [-0.2, 0) is 4.74 Å². The molecule has 17 heavy (non-hydrogen) atoms. The van der Waals surface area contributed by atoms with Gasteiger partial charge in [-0.05, 0) is 12.0 Å². The Balaban J connectivity index is 2.70. The van der Waals surface area contributed by atoms with Crippen molar-refractivity contribution >= 4 is 0 Å². The highest BCUT2D eigenvalue weighted by molar-refractivity contribution is 5.19. The van der Waals surface area contributed by atoms with Crippen LogP contribution < -0.4 is 5.73 Å². The van der Waals surface area contributed by atoms with Crippen LogP contribution in [-0.4, -0.2) is 12.6 Å². The molecule has 2 atom stereocenters. The third-order valence-electron chi connectivity index (χ3n) is 2.75. The predicted molar refractivity (Wildman–Crippen MR) is 71.5 cm³/mol. The molecule has 1 aromatic carbocycles. The zero-order chi connectivity index (χ0) is 12.5. The summed E-state index contributed by atoms with van der Waals surface area (Å²) in [5.41, 5.74) is 7.29. The van der Waals surface area contributed by atoms with Gasteiger partial charge in [0.15, 0.2) is 0 Å². The van der Waals surface area contributed by atoms with Crippen LogP contribution in [0.2, 0.25) is 0 Å². The molecule has 0 aromatic heterocycles. The van der Waals surface area contributed by atoms with Crippen molar-refractivity contribution in [2.24, 2.45) is 5.73 Å².